The van der Waals surface area contributed by atoms with Gasteiger partial charge in [0.05, 0.1) is 24.1 Å². The highest BCUT2D eigenvalue weighted by atomic mass is 32.2. The molecule has 7 nitrogen and oxygen atoms in total. The number of fused-ring (bicyclic) bond motifs is 1. The summed E-state index contributed by atoms with van der Waals surface area (Å²) in [6, 6.07) is 0. The second-order valence-electron chi connectivity index (χ2n) is 6.88. The van der Waals surface area contributed by atoms with Crippen LogP contribution in [-0.4, -0.2) is 77.7 Å². The predicted octanol–water partition coefficient (Wildman–Crippen LogP) is 0.751. The van der Waals surface area contributed by atoms with Crippen LogP contribution in [0.5, 0.6) is 0 Å². The summed E-state index contributed by atoms with van der Waals surface area (Å²) in [4.78, 5) is 27.9. The molecule has 2 aliphatic rings. The molecule has 2 aliphatic heterocycles. The van der Waals surface area contributed by atoms with E-state index in [1.807, 2.05) is 30.2 Å². The van der Waals surface area contributed by atoms with Gasteiger partial charge < -0.3 is 19.8 Å². The van der Waals surface area contributed by atoms with Crippen LogP contribution >= 0.6 is 11.8 Å². The molecule has 0 spiro atoms. The molecule has 0 atom stereocenters. The van der Waals surface area contributed by atoms with Crippen LogP contribution in [0, 0.1) is 0 Å². The Labute approximate surface area is 153 Å². The van der Waals surface area contributed by atoms with Gasteiger partial charge >= 0.3 is 0 Å². The van der Waals surface area contributed by atoms with Crippen molar-refractivity contribution in [1.82, 2.24) is 14.9 Å². The molecule has 3 heterocycles. The van der Waals surface area contributed by atoms with Crippen molar-refractivity contribution in [2.45, 2.75) is 31.9 Å². The number of aliphatic hydroxyl groups excluding tert-OH is 1. The summed E-state index contributed by atoms with van der Waals surface area (Å²) in [6.07, 6.45) is 4.01. The second kappa shape index (κ2) is 7.78. The van der Waals surface area contributed by atoms with Crippen molar-refractivity contribution < 1.29 is 9.90 Å². The third-order valence-electron chi connectivity index (χ3n) is 4.81. The molecule has 0 bridgehead atoms. The summed E-state index contributed by atoms with van der Waals surface area (Å²) < 4.78 is 0. The number of hydrogen-bond donors (Lipinski definition) is 1. The Kier molecular flexibility index (Phi) is 5.68. The van der Waals surface area contributed by atoms with E-state index in [1.165, 1.54) is 0 Å². The summed E-state index contributed by atoms with van der Waals surface area (Å²) in [5.41, 5.74) is 2.12. The monoisotopic (exact) mass is 365 g/mol. The van der Waals surface area contributed by atoms with Gasteiger partial charge in [-0.25, -0.2) is 4.98 Å². The van der Waals surface area contributed by atoms with Gasteiger partial charge in [-0.1, -0.05) is 0 Å². The molecule has 0 aromatic carbocycles. The van der Waals surface area contributed by atoms with Gasteiger partial charge in [-0.05, 0) is 19.1 Å². The standard InChI is InChI=1S/C17H27N5O2S/c1-20(2)17-18-14-6-9-22(15(24)11-25-3)10-13(14)16(19-17)21-7-4-12(23)5-8-21/h12,23H,4-11H2,1-3H3. The summed E-state index contributed by atoms with van der Waals surface area (Å²) >= 11 is 1.56. The van der Waals surface area contributed by atoms with Crippen LogP contribution in [0.1, 0.15) is 24.1 Å². The maximum Gasteiger partial charge on any atom is 0.232 e. The number of carbonyl (C=O) groups excluding carboxylic acids is 1. The average molecular weight is 366 g/mol. The topological polar surface area (TPSA) is 72.8 Å². The van der Waals surface area contributed by atoms with Gasteiger partial charge in [0, 0.05) is 45.7 Å². The number of nitrogens with zero attached hydrogens (tertiary/aromatic N) is 5. The fourth-order valence-electron chi connectivity index (χ4n) is 3.35. The first kappa shape index (κ1) is 18.3. The van der Waals surface area contributed by atoms with Crippen molar-refractivity contribution in [3.8, 4) is 0 Å². The van der Waals surface area contributed by atoms with Crippen molar-refractivity contribution in [1.29, 1.82) is 0 Å². The third kappa shape index (κ3) is 4.00. The molecule has 8 heteroatoms. The molecule has 0 saturated carbocycles. The lowest BCUT2D eigenvalue weighted by atomic mass is 10.0. The number of thioether (sulfide) groups is 1. The molecule has 1 fully saturated rings. The van der Waals surface area contributed by atoms with E-state index in [4.69, 9.17) is 9.97 Å². The Bertz CT molecular complexity index is 632. The zero-order valence-corrected chi connectivity index (χ0v) is 16.1. The number of carbonyl (C=O) groups is 1. The van der Waals surface area contributed by atoms with Crippen LogP contribution < -0.4 is 9.80 Å². The molecular formula is C17H27N5O2S. The van der Waals surface area contributed by atoms with E-state index in [0.29, 0.717) is 24.8 Å². The highest BCUT2D eigenvalue weighted by Gasteiger charge is 2.29. The summed E-state index contributed by atoms with van der Waals surface area (Å²) in [7, 11) is 3.89. The molecule has 138 valence electrons. The number of aliphatic hydroxyl groups is 1. The van der Waals surface area contributed by atoms with Gasteiger partial charge in [-0.3, -0.25) is 4.79 Å². The van der Waals surface area contributed by atoms with E-state index in [1.54, 1.807) is 11.8 Å². The molecule has 25 heavy (non-hydrogen) atoms. The van der Waals surface area contributed by atoms with Crippen LogP contribution in [0.15, 0.2) is 0 Å². The lowest BCUT2D eigenvalue weighted by molar-refractivity contribution is -0.129. The summed E-state index contributed by atoms with van der Waals surface area (Å²) in [5.74, 6) is 2.33. The lowest BCUT2D eigenvalue weighted by Crippen LogP contribution is -2.41. The Balaban J connectivity index is 1.93. The maximum atomic E-state index is 12.3. The number of amides is 1. The lowest BCUT2D eigenvalue weighted by Gasteiger charge is -2.36. The minimum absolute atomic E-state index is 0.176. The van der Waals surface area contributed by atoms with Crippen LogP contribution in [0.25, 0.3) is 0 Å². The van der Waals surface area contributed by atoms with E-state index < -0.39 is 0 Å². The molecule has 1 N–H and O–H groups in total. The Hall–Kier alpha value is -1.54. The van der Waals surface area contributed by atoms with Crippen molar-refractivity contribution >= 4 is 29.4 Å². The van der Waals surface area contributed by atoms with Crippen LogP contribution in [0.3, 0.4) is 0 Å². The summed E-state index contributed by atoms with van der Waals surface area (Å²) in [6.45, 7) is 2.87. The van der Waals surface area contributed by atoms with E-state index in [-0.39, 0.29) is 12.0 Å². The van der Waals surface area contributed by atoms with Crippen LogP contribution in [0.4, 0.5) is 11.8 Å². The zero-order chi connectivity index (χ0) is 18.0. The quantitative estimate of drug-likeness (QED) is 0.844. The van der Waals surface area contributed by atoms with Crippen LogP contribution in [0.2, 0.25) is 0 Å². The molecule has 0 unspecified atom stereocenters. The van der Waals surface area contributed by atoms with Crippen molar-refractivity contribution in [3.63, 3.8) is 0 Å². The predicted molar refractivity (Wildman–Crippen MR) is 101 cm³/mol. The van der Waals surface area contributed by atoms with Gasteiger partial charge in [0.2, 0.25) is 11.9 Å². The van der Waals surface area contributed by atoms with E-state index in [0.717, 1.165) is 49.4 Å². The molecule has 3 rings (SSSR count). The van der Waals surface area contributed by atoms with Crippen molar-refractivity contribution in [2.75, 3.05) is 55.5 Å². The molecule has 1 amide bonds. The SMILES string of the molecule is CSCC(=O)N1CCc2nc(N(C)C)nc(N3CCC(O)CC3)c2C1. The first-order valence-corrected chi connectivity index (χ1v) is 10.2. The summed E-state index contributed by atoms with van der Waals surface area (Å²) in [5, 5.41) is 9.81. The minimum Gasteiger partial charge on any atom is -0.393 e. The smallest absolute Gasteiger partial charge is 0.232 e. The maximum absolute atomic E-state index is 12.3. The van der Waals surface area contributed by atoms with Crippen LogP contribution in [-0.2, 0) is 17.8 Å². The largest absolute Gasteiger partial charge is 0.393 e. The fourth-order valence-corrected chi connectivity index (χ4v) is 3.78. The molecule has 1 aromatic heterocycles. The number of anilines is 2. The fraction of sp³-hybridized carbons (Fsp3) is 0.706. The highest BCUT2D eigenvalue weighted by molar-refractivity contribution is 7.99. The molecule has 1 saturated heterocycles. The molecule has 0 aliphatic carbocycles. The first-order chi connectivity index (χ1) is 12.0. The number of piperidine rings is 1. The van der Waals surface area contributed by atoms with E-state index in [9.17, 15) is 9.90 Å². The van der Waals surface area contributed by atoms with Gasteiger partial charge in [-0.15, -0.1) is 0 Å². The van der Waals surface area contributed by atoms with Gasteiger partial charge in [0.25, 0.3) is 0 Å². The first-order valence-electron chi connectivity index (χ1n) is 8.76. The van der Waals surface area contributed by atoms with Crippen molar-refractivity contribution in [3.05, 3.63) is 11.3 Å². The molecule has 1 aromatic rings. The Morgan fingerprint density at radius 2 is 2.00 bits per heavy atom. The van der Waals surface area contributed by atoms with E-state index >= 15 is 0 Å². The Morgan fingerprint density at radius 3 is 2.64 bits per heavy atom. The van der Waals surface area contributed by atoms with Crippen molar-refractivity contribution in [2.24, 2.45) is 0 Å². The number of rotatable bonds is 4. The average Bonchev–Trinajstić information content (AvgIpc) is 2.61. The number of aromatic nitrogens is 2. The zero-order valence-electron chi connectivity index (χ0n) is 15.2. The van der Waals surface area contributed by atoms with Gasteiger partial charge in [-0.2, -0.15) is 16.7 Å². The minimum atomic E-state index is -0.220. The second-order valence-corrected chi connectivity index (χ2v) is 7.75. The normalized spacial score (nSPS) is 18.2. The molecular weight excluding hydrogens is 338 g/mol. The van der Waals surface area contributed by atoms with Gasteiger partial charge in [0.1, 0.15) is 5.82 Å². The van der Waals surface area contributed by atoms with Gasteiger partial charge in [0.15, 0.2) is 0 Å². The highest BCUT2D eigenvalue weighted by Crippen LogP contribution is 2.30. The third-order valence-corrected chi connectivity index (χ3v) is 5.35. The number of hydrogen-bond acceptors (Lipinski definition) is 7. The Morgan fingerprint density at radius 1 is 1.28 bits per heavy atom. The van der Waals surface area contributed by atoms with E-state index in [2.05, 4.69) is 4.90 Å². The molecule has 0 radical (unpaired) electrons.